The number of benzene rings is 2. The summed E-state index contributed by atoms with van der Waals surface area (Å²) in [7, 11) is 0. The molecule has 2 aromatic rings. The van der Waals surface area contributed by atoms with E-state index >= 15 is 0 Å². The highest BCUT2D eigenvalue weighted by Crippen LogP contribution is 2.35. The second kappa shape index (κ2) is 5.24. The maximum atomic E-state index is 6.45. The molecule has 0 saturated heterocycles. The highest BCUT2D eigenvalue weighted by molar-refractivity contribution is 6.00. The van der Waals surface area contributed by atoms with E-state index in [0.29, 0.717) is 0 Å². The van der Waals surface area contributed by atoms with E-state index in [2.05, 4.69) is 46.8 Å². The third-order valence-corrected chi connectivity index (χ3v) is 4.52. The van der Waals surface area contributed by atoms with E-state index in [9.17, 15) is 0 Å². The minimum absolute atomic E-state index is 0.995. The molecule has 0 radical (unpaired) electrons. The fourth-order valence-electron chi connectivity index (χ4n) is 2.98. The summed E-state index contributed by atoms with van der Waals surface area (Å²) in [5.41, 5.74) is 14.3. The first-order valence-electron chi connectivity index (χ1n) is 7.26. The molecule has 0 amide bonds. The molecule has 1 heteroatoms. The van der Waals surface area contributed by atoms with Gasteiger partial charge in [0.25, 0.3) is 0 Å². The molecule has 1 nitrogen and oxygen atoms in total. The summed E-state index contributed by atoms with van der Waals surface area (Å²) in [6.45, 7) is 11.1. The maximum Gasteiger partial charge on any atom is 0.0429 e. The highest BCUT2D eigenvalue weighted by Gasteiger charge is 2.14. The van der Waals surface area contributed by atoms with Crippen molar-refractivity contribution in [2.24, 2.45) is 0 Å². The summed E-state index contributed by atoms with van der Waals surface area (Å²) in [4.78, 5) is 0. The van der Waals surface area contributed by atoms with Gasteiger partial charge in [-0.15, -0.1) is 0 Å². The van der Waals surface area contributed by atoms with E-state index in [-0.39, 0.29) is 0 Å². The number of hydrogen-bond acceptors (Lipinski definition) is 1. The van der Waals surface area contributed by atoms with Gasteiger partial charge in [0.1, 0.15) is 0 Å². The fraction of sp³-hybridized carbons (Fsp3) is 0.444. The Balaban J connectivity index is 2.79. The van der Waals surface area contributed by atoms with E-state index in [4.69, 9.17) is 5.73 Å². The summed E-state index contributed by atoms with van der Waals surface area (Å²) >= 11 is 0. The Hall–Kier alpha value is -1.50. The Morgan fingerprint density at radius 2 is 1.63 bits per heavy atom. The van der Waals surface area contributed by atoms with Crippen LogP contribution in [0.15, 0.2) is 12.1 Å². The smallest absolute Gasteiger partial charge is 0.0429 e. The van der Waals surface area contributed by atoms with E-state index in [0.717, 1.165) is 12.1 Å². The number of hydrogen-bond donors (Lipinski definition) is 1. The van der Waals surface area contributed by atoms with Crippen molar-refractivity contribution in [3.63, 3.8) is 0 Å². The third-order valence-electron chi connectivity index (χ3n) is 4.52. The summed E-state index contributed by atoms with van der Waals surface area (Å²) in [5, 5.41) is 2.59. The predicted octanol–water partition coefficient (Wildman–Crippen LogP) is 5.00. The highest BCUT2D eigenvalue weighted by atomic mass is 14.6. The van der Waals surface area contributed by atoms with Gasteiger partial charge in [-0.05, 0) is 73.7 Å². The quantitative estimate of drug-likeness (QED) is 0.767. The predicted molar refractivity (Wildman–Crippen MR) is 85.9 cm³/mol. The first-order valence-corrected chi connectivity index (χ1v) is 7.26. The molecule has 0 saturated carbocycles. The van der Waals surface area contributed by atoms with Crippen molar-refractivity contribution in [2.75, 3.05) is 5.73 Å². The van der Waals surface area contributed by atoms with Crippen LogP contribution in [0.25, 0.3) is 10.8 Å². The van der Waals surface area contributed by atoms with Crippen molar-refractivity contribution in [1.82, 2.24) is 0 Å². The molecule has 2 aromatic carbocycles. The zero-order valence-electron chi connectivity index (χ0n) is 12.9. The van der Waals surface area contributed by atoms with Crippen LogP contribution in [0.2, 0.25) is 0 Å². The van der Waals surface area contributed by atoms with Crippen LogP contribution in [0.3, 0.4) is 0 Å². The molecule has 0 aromatic heterocycles. The Morgan fingerprint density at radius 3 is 2.26 bits per heavy atom. The van der Waals surface area contributed by atoms with Crippen LogP contribution in [-0.4, -0.2) is 0 Å². The van der Waals surface area contributed by atoms with Gasteiger partial charge < -0.3 is 5.73 Å². The van der Waals surface area contributed by atoms with Gasteiger partial charge in [0.2, 0.25) is 0 Å². The molecule has 0 aliphatic rings. The molecule has 0 unspecified atom stereocenters. The van der Waals surface area contributed by atoms with Crippen LogP contribution in [-0.2, 0) is 6.42 Å². The van der Waals surface area contributed by atoms with Gasteiger partial charge in [0, 0.05) is 11.1 Å². The number of nitrogens with two attached hydrogens (primary N) is 1. The largest absolute Gasteiger partial charge is 0.398 e. The molecule has 0 bridgehead atoms. The van der Waals surface area contributed by atoms with Crippen LogP contribution in [0.4, 0.5) is 5.69 Å². The van der Waals surface area contributed by atoms with Gasteiger partial charge in [0.05, 0.1) is 0 Å². The lowest BCUT2D eigenvalue weighted by atomic mass is 9.88. The SMILES string of the molecule is CCCCc1c(C)c(C)c2c(C)c(C)ccc2c1N. The maximum absolute atomic E-state index is 6.45. The van der Waals surface area contributed by atoms with Gasteiger partial charge in [-0.2, -0.15) is 0 Å². The summed E-state index contributed by atoms with van der Waals surface area (Å²) < 4.78 is 0. The Bertz CT molecular complexity index is 624. The van der Waals surface area contributed by atoms with Crippen molar-refractivity contribution in [3.05, 3.63) is 39.9 Å². The lowest BCUT2D eigenvalue weighted by Gasteiger charge is -2.18. The number of aryl methyl sites for hydroxylation is 3. The molecule has 2 rings (SSSR count). The van der Waals surface area contributed by atoms with Crippen molar-refractivity contribution < 1.29 is 0 Å². The van der Waals surface area contributed by atoms with Gasteiger partial charge in [-0.25, -0.2) is 0 Å². The van der Waals surface area contributed by atoms with Crippen LogP contribution in [0, 0.1) is 27.7 Å². The van der Waals surface area contributed by atoms with Crippen molar-refractivity contribution >= 4 is 16.5 Å². The minimum atomic E-state index is 0.995. The molecule has 0 aliphatic carbocycles. The van der Waals surface area contributed by atoms with E-state index < -0.39 is 0 Å². The van der Waals surface area contributed by atoms with Crippen molar-refractivity contribution in [3.8, 4) is 0 Å². The van der Waals surface area contributed by atoms with Crippen molar-refractivity contribution in [2.45, 2.75) is 53.9 Å². The van der Waals surface area contributed by atoms with Crippen molar-refractivity contribution in [1.29, 1.82) is 0 Å². The van der Waals surface area contributed by atoms with Gasteiger partial charge in [0.15, 0.2) is 0 Å². The summed E-state index contributed by atoms with van der Waals surface area (Å²) in [5.74, 6) is 0. The molecule has 0 spiro atoms. The number of anilines is 1. The molecular formula is C18H25N. The second-order valence-corrected chi connectivity index (χ2v) is 5.68. The van der Waals surface area contributed by atoms with Crippen LogP contribution in [0.5, 0.6) is 0 Å². The molecule has 0 heterocycles. The topological polar surface area (TPSA) is 26.0 Å². The Labute approximate surface area is 116 Å². The van der Waals surface area contributed by atoms with Crippen LogP contribution in [0.1, 0.15) is 47.6 Å². The van der Waals surface area contributed by atoms with E-state index in [1.165, 1.54) is 51.4 Å². The first-order chi connectivity index (χ1) is 8.99. The second-order valence-electron chi connectivity index (χ2n) is 5.68. The average molecular weight is 255 g/mol. The standard InChI is InChI=1S/C18H25N/c1-6-7-8-15-13(4)14(5)17-12(3)11(2)9-10-16(17)18(15)19/h9-10H,6-8,19H2,1-5H3. The number of fused-ring (bicyclic) bond motifs is 1. The minimum Gasteiger partial charge on any atom is -0.398 e. The van der Waals surface area contributed by atoms with Gasteiger partial charge in [-0.3, -0.25) is 0 Å². The van der Waals surface area contributed by atoms with E-state index in [1.54, 1.807) is 0 Å². The van der Waals surface area contributed by atoms with Crippen LogP contribution >= 0.6 is 0 Å². The van der Waals surface area contributed by atoms with Gasteiger partial charge >= 0.3 is 0 Å². The average Bonchev–Trinajstić information content (AvgIpc) is 2.39. The Kier molecular flexibility index (Phi) is 3.84. The van der Waals surface area contributed by atoms with Crippen LogP contribution < -0.4 is 5.73 Å². The molecule has 102 valence electrons. The lowest BCUT2D eigenvalue weighted by molar-refractivity contribution is 0.793. The molecular weight excluding hydrogens is 230 g/mol. The monoisotopic (exact) mass is 255 g/mol. The zero-order chi connectivity index (χ0) is 14.2. The lowest BCUT2D eigenvalue weighted by Crippen LogP contribution is -2.03. The summed E-state index contributed by atoms with van der Waals surface area (Å²) in [6, 6.07) is 4.38. The molecule has 2 N–H and O–H groups in total. The molecule has 0 fully saturated rings. The normalized spacial score (nSPS) is 11.2. The first kappa shape index (κ1) is 13.9. The summed E-state index contributed by atoms with van der Waals surface area (Å²) in [6.07, 6.45) is 3.52. The molecule has 0 aliphatic heterocycles. The van der Waals surface area contributed by atoms with Gasteiger partial charge in [-0.1, -0.05) is 25.5 Å². The number of nitrogen functional groups attached to an aromatic ring is 1. The Morgan fingerprint density at radius 1 is 0.947 bits per heavy atom. The fourth-order valence-corrected chi connectivity index (χ4v) is 2.98. The number of rotatable bonds is 3. The zero-order valence-corrected chi connectivity index (χ0v) is 12.9. The van der Waals surface area contributed by atoms with E-state index in [1.807, 2.05) is 0 Å². The number of unbranched alkanes of at least 4 members (excludes halogenated alkanes) is 1. The molecule has 0 atom stereocenters. The molecule has 19 heavy (non-hydrogen) atoms. The third kappa shape index (κ3) is 2.22.